The normalized spacial score (nSPS) is 11.3. The van der Waals surface area contributed by atoms with Crippen molar-refractivity contribution in [2.45, 2.75) is 40.2 Å². The maximum Gasteiger partial charge on any atom is 0.339 e. The Bertz CT molecular complexity index is 1390. The number of carbonyl (C=O) groups is 1. The van der Waals surface area contributed by atoms with Crippen LogP contribution in [0.5, 0.6) is 5.75 Å². The van der Waals surface area contributed by atoms with Gasteiger partial charge in [0, 0.05) is 27.9 Å². The molecule has 0 amide bonds. The molecule has 0 unspecified atom stereocenters. The van der Waals surface area contributed by atoms with Gasteiger partial charge in [-0.05, 0) is 61.9 Å². The van der Waals surface area contributed by atoms with Crippen LogP contribution in [0, 0.1) is 11.7 Å². The fourth-order valence-corrected chi connectivity index (χ4v) is 4.59. The van der Waals surface area contributed by atoms with Crippen molar-refractivity contribution in [3.8, 4) is 27.4 Å². The van der Waals surface area contributed by atoms with Crippen LogP contribution in [0.25, 0.3) is 21.7 Å². The van der Waals surface area contributed by atoms with Gasteiger partial charge in [0.2, 0.25) is 5.95 Å². The number of ether oxygens (including phenoxy) is 2. The third-order valence-corrected chi connectivity index (χ3v) is 6.47. The van der Waals surface area contributed by atoms with Crippen molar-refractivity contribution in [1.82, 2.24) is 15.0 Å². The van der Waals surface area contributed by atoms with Crippen LogP contribution in [0.3, 0.4) is 0 Å². The van der Waals surface area contributed by atoms with Crippen LogP contribution in [0.4, 0.5) is 16.2 Å². The zero-order chi connectivity index (χ0) is 27.2. The van der Waals surface area contributed by atoms with Gasteiger partial charge in [0.1, 0.15) is 18.0 Å². The molecular weight excluding hydrogens is 507 g/mol. The van der Waals surface area contributed by atoms with Crippen molar-refractivity contribution >= 4 is 29.1 Å². The molecule has 38 heavy (non-hydrogen) atoms. The number of aromatic amines is 1. The van der Waals surface area contributed by atoms with E-state index in [0.717, 1.165) is 16.1 Å². The Hall–Kier alpha value is -3.76. The Morgan fingerprint density at radius 1 is 1.16 bits per heavy atom. The highest BCUT2D eigenvalue weighted by molar-refractivity contribution is 7.13. The van der Waals surface area contributed by atoms with Crippen molar-refractivity contribution in [2.75, 3.05) is 18.5 Å². The number of aromatic nitrogens is 3. The van der Waals surface area contributed by atoms with Crippen LogP contribution in [0.2, 0.25) is 0 Å². The van der Waals surface area contributed by atoms with Gasteiger partial charge < -0.3 is 24.9 Å². The number of carboxylic acids is 1. The number of nitrogens with one attached hydrogen (secondary N) is 2. The molecule has 4 rings (SSSR count). The van der Waals surface area contributed by atoms with E-state index >= 15 is 0 Å². The fourth-order valence-electron chi connectivity index (χ4n) is 3.88. The number of nitrogens with zero attached hydrogens (tertiary/aromatic N) is 2. The molecule has 0 atom stereocenters. The summed E-state index contributed by atoms with van der Waals surface area (Å²) in [4.78, 5) is 25.2. The summed E-state index contributed by atoms with van der Waals surface area (Å²) < 4.78 is 25.8. The number of hydrogen-bond donors (Lipinski definition) is 3. The molecule has 0 aliphatic rings. The number of hydrogen-bond acceptors (Lipinski definition) is 7. The maximum absolute atomic E-state index is 14.9. The van der Waals surface area contributed by atoms with Crippen molar-refractivity contribution in [3.05, 3.63) is 65.0 Å². The summed E-state index contributed by atoms with van der Waals surface area (Å²) in [5.74, 6) is -0.688. The highest BCUT2D eigenvalue weighted by atomic mass is 32.1. The van der Waals surface area contributed by atoms with Crippen LogP contribution in [0.1, 0.15) is 43.7 Å². The van der Waals surface area contributed by atoms with Gasteiger partial charge in [0.15, 0.2) is 11.6 Å². The molecule has 0 saturated heterocycles. The quantitative estimate of drug-likeness (QED) is 0.171. The van der Waals surface area contributed by atoms with Crippen molar-refractivity contribution in [1.29, 1.82) is 0 Å². The molecule has 1 aromatic carbocycles. The average molecular weight is 539 g/mol. The number of imidazole rings is 1. The SMILES string of the molecule is CC(C)Cc1[nH]c(Nc2ncc(-c3cccs3)cc2C(=O)O)nc1-c1ccc(OCCOC(C)C)c(F)c1. The number of thiophene rings is 1. The molecular formula is C28H31FN4O4S. The molecule has 0 aliphatic heterocycles. The van der Waals surface area contributed by atoms with E-state index in [1.165, 1.54) is 17.4 Å². The lowest BCUT2D eigenvalue weighted by molar-refractivity contribution is 0.0544. The Morgan fingerprint density at radius 3 is 2.63 bits per heavy atom. The lowest BCUT2D eigenvalue weighted by Gasteiger charge is -2.11. The number of halogens is 1. The van der Waals surface area contributed by atoms with Gasteiger partial charge in [-0.3, -0.25) is 0 Å². The minimum Gasteiger partial charge on any atom is -0.488 e. The van der Waals surface area contributed by atoms with Gasteiger partial charge >= 0.3 is 5.97 Å². The first-order chi connectivity index (χ1) is 18.2. The van der Waals surface area contributed by atoms with Crippen LogP contribution >= 0.6 is 11.3 Å². The number of rotatable bonds is 12. The highest BCUT2D eigenvalue weighted by Crippen LogP contribution is 2.32. The first-order valence-electron chi connectivity index (χ1n) is 12.4. The monoisotopic (exact) mass is 538 g/mol. The molecule has 4 aromatic rings. The predicted octanol–water partition coefficient (Wildman–Crippen LogP) is 6.78. The Morgan fingerprint density at radius 2 is 1.97 bits per heavy atom. The summed E-state index contributed by atoms with van der Waals surface area (Å²) >= 11 is 1.51. The van der Waals surface area contributed by atoms with Gasteiger partial charge in [-0.15, -0.1) is 11.3 Å². The second kappa shape index (κ2) is 12.2. The number of benzene rings is 1. The molecule has 10 heteroatoms. The van der Waals surface area contributed by atoms with E-state index in [2.05, 4.69) is 34.1 Å². The number of H-pyrrole nitrogens is 1. The number of carboxylic acid groups (broad SMARTS) is 1. The molecule has 3 heterocycles. The van der Waals surface area contributed by atoms with Crippen LogP contribution in [-0.4, -0.2) is 45.3 Å². The third kappa shape index (κ3) is 6.76. The summed E-state index contributed by atoms with van der Waals surface area (Å²) in [6, 6.07) is 10.1. The number of anilines is 2. The molecule has 8 nitrogen and oxygen atoms in total. The smallest absolute Gasteiger partial charge is 0.339 e. The fraction of sp³-hybridized carbons (Fsp3) is 0.321. The molecule has 0 radical (unpaired) electrons. The van der Waals surface area contributed by atoms with E-state index in [0.29, 0.717) is 36.2 Å². The van der Waals surface area contributed by atoms with Crippen LogP contribution < -0.4 is 10.1 Å². The van der Waals surface area contributed by atoms with E-state index in [4.69, 9.17) is 9.47 Å². The molecule has 3 aromatic heterocycles. The Balaban J connectivity index is 1.60. The molecule has 0 aliphatic carbocycles. The van der Waals surface area contributed by atoms with E-state index in [9.17, 15) is 14.3 Å². The first kappa shape index (κ1) is 27.3. The molecule has 0 saturated carbocycles. The maximum atomic E-state index is 14.9. The summed E-state index contributed by atoms with van der Waals surface area (Å²) in [6.07, 6.45) is 2.36. The number of pyridine rings is 1. The van der Waals surface area contributed by atoms with Crippen molar-refractivity contribution < 1.29 is 23.8 Å². The largest absolute Gasteiger partial charge is 0.488 e. The topological polar surface area (TPSA) is 109 Å². The Kier molecular flexibility index (Phi) is 8.75. The zero-order valence-corrected chi connectivity index (χ0v) is 22.6. The van der Waals surface area contributed by atoms with E-state index in [1.54, 1.807) is 24.4 Å². The zero-order valence-electron chi connectivity index (χ0n) is 21.7. The third-order valence-electron chi connectivity index (χ3n) is 5.55. The van der Waals surface area contributed by atoms with E-state index in [-0.39, 0.29) is 29.8 Å². The van der Waals surface area contributed by atoms with E-state index in [1.807, 2.05) is 31.4 Å². The van der Waals surface area contributed by atoms with E-state index < -0.39 is 11.8 Å². The lowest BCUT2D eigenvalue weighted by atomic mass is 10.0. The molecule has 0 fully saturated rings. The minimum atomic E-state index is -1.11. The van der Waals surface area contributed by atoms with Gasteiger partial charge in [-0.25, -0.2) is 19.2 Å². The summed E-state index contributed by atoms with van der Waals surface area (Å²) in [5.41, 5.74) is 2.69. The van der Waals surface area contributed by atoms with Crippen molar-refractivity contribution in [2.24, 2.45) is 5.92 Å². The predicted molar refractivity (Wildman–Crippen MR) is 147 cm³/mol. The van der Waals surface area contributed by atoms with Gasteiger partial charge in [-0.1, -0.05) is 19.9 Å². The highest BCUT2D eigenvalue weighted by Gasteiger charge is 2.19. The Labute approximate surface area is 224 Å². The van der Waals surface area contributed by atoms with Crippen molar-refractivity contribution in [3.63, 3.8) is 0 Å². The molecule has 3 N–H and O–H groups in total. The first-order valence-corrected chi connectivity index (χ1v) is 13.3. The van der Waals surface area contributed by atoms with Gasteiger partial charge in [0.05, 0.1) is 18.4 Å². The summed E-state index contributed by atoms with van der Waals surface area (Å²) in [5, 5.41) is 14.7. The lowest BCUT2D eigenvalue weighted by Crippen LogP contribution is -2.11. The second-order valence-electron chi connectivity index (χ2n) is 9.45. The molecule has 0 bridgehead atoms. The minimum absolute atomic E-state index is 0.0215. The standard InChI is InChI=1S/C28H31FN4O4S/c1-16(2)12-22-25(18-7-8-23(21(29)14-18)37-10-9-36-17(3)4)32-28(31-22)33-26-20(27(34)35)13-19(15-30-26)24-6-5-11-38-24/h5-8,11,13-17H,9-10,12H2,1-4H3,(H,34,35)(H2,30,31,32,33). The number of aromatic carboxylic acids is 1. The van der Waals surface area contributed by atoms with Crippen LogP contribution in [-0.2, 0) is 11.2 Å². The van der Waals surface area contributed by atoms with Gasteiger partial charge in [-0.2, -0.15) is 0 Å². The summed E-state index contributed by atoms with van der Waals surface area (Å²) in [7, 11) is 0. The average Bonchev–Trinajstić information content (AvgIpc) is 3.53. The second-order valence-corrected chi connectivity index (χ2v) is 10.4. The van der Waals surface area contributed by atoms with Gasteiger partial charge in [0.25, 0.3) is 0 Å². The molecule has 200 valence electrons. The molecule has 0 spiro atoms. The van der Waals surface area contributed by atoms with Crippen LogP contribution in [0.15, 0.2) is 48.0 Å². The summed E-state index contributed by atoms with van der Waals surface area (Å²) in [6.45, 7) is 8.61.